The van der Waals surface area contributed by atoms with Gasteiger partial charge in [-0.3, -0.25) is 14.4 Å². The van der Waals surface area contributed by atoms with Gasteiger partial charge >= 0.3 is 17.9 Å². The molecule has 1 atom stereocenters. The second kappa shape index (κ2) is 64.2. The third kappa shape index (κ3) is 62.4. The molecule has 0 aliphatic carbocycles. The van der Waals surface area contributed by atoms with Gasteiger partial charge in [-0.15, -0.1) is 0 Å². The molecular weight excluding hydrogens is 925 g/mol. The molecule has 0 saturated heterocycles. The van der Waals surface area contributed by atoms with Crippen molar-refractivity contribution in [1.82, 2.24) is 0 Å². The third-order valence-corrected chi connectivity index (χ3v) is 15.1. The van der Waals surface area contributed by atoms with E-state index < -0.39 is 6.10 Å². The van der Waals surface area contributed by atoms with E-state index in [1.54, 1.807) is 0 Å². The first-order chi connectivity index (χ1) is 37.0. The Kier molecular flexibility index (Phi) is 62.1. The summed E-state index contributed by atoms with van der Waals surface area (Å²) in [5.74, 6) is -0.862. The number of allylic oxidation sites excluding steroid dienone is 6. The lowest BCUT2D eigenvalue weighted by Gasteiger charge is -2.18. The molecule has 0 heterocycles. The van der Waals surface area contributed by atoms with E-state index in [0.29, 0.717) is 19.3 Å². The minimum Gasteiger partial charge on any atom is -0.462 e. The van der Waals surface area contributed by atoms with Crippen LogP contribution in [0.2, 0.25) is 0 Å². The Hall–Kier alpha value is -2.37. The van der Waals surface area contributed by atoms with Gasteiger partial charge in [0, 0.05) is 19.3 Å². The van der Waals surface area contributed by atoms with Gasteiger partial charge in [0.1, 0.15) is 13.2 Å². The summed E-state index contributed by atoms with van der Waals surface area (Å²) in [7, 11) is 0. The van der Waals surface area contributed by atoms with Crippen molar-refractivity contribution in [3.05, 3.63) is 36.5 Å². The monoisotopic (exact) mass is 1050 g/mol. The second-order valence-electron chi connectivity index (χ2n) is 22.7. The number of rotatable bonds is 62. The lowest BCUT2D eigenvalue weighted by atomic mass is 10.0. The zero-order chi connectivity index (χ0) is 54.3. The number of hydrogen-bond donors (Lipinski definition) is 0. The van der Waals surface area contributed by atoms with Crippen molar-refractivity contribution >= 4 is 17.9 Å². The number of esters is 3. The second-order valence-corrected chi connectivity index (χ2v) is 22.7. The van der Waals surface area contributed by atoms with Crippen LogP contribution in [-0.2, 0) is 28.6 Å². The summed E-state index contributed by atoms with van der Waals surface area (Å²) in [6, 6.07) is 0. The maximum absolute atomic E-state index is 12.9. The standard InChI is InChI=1S/C69H128O6/c1-4-7-10-13-16-19-22-24-26-28-30-32-33-34-35-37-38-40-42-44-47-50-53-56-59-62-68(71)74-65-66(64-73-67(70)61-58-55-52-49-46-21-18-15-12-9-6-3)75-69(72)63-60-57-54-51-48-45-43-41-39-36-31-29-27-25-23-20-17-14-11-8-5-2/h15,18,28-31,66H,4-14,16-17,19-27,32-65H2,1-3H3/b18-15-,30-28-,31-29-. The van der Waals surface area contributed by atoms with Gasteiger partial charge in [-0.05, 0) is 89.9 Å². The van der Waals surface area contributed by atoms with Crippen molar-refractivity contribution in [1.29, 1.82) is 0 Å². The molecule has 0 rings (SSSR count). The van der Waals surface area contributed by atoms with E-state index in [0.717, 1.165) is 64.2 Å². The summed E-state index contributed by atoms with van der Waals surface area (Å²) in [6.45, 7) is 6.65. The summed E-state index contributed by atoms with van der Waals surface area (Å²) in [5, 5.41) is 0. The predicted molar refractivity (Wildman–Crippen MR) is 326 cm³/mol. The fraction of sp³-hybridized carbons (Fsp3) is 0.870. The van der Waals surface area contributed by atoms with Crippen molar-refractivity contribution < 1.29 is 28.6 Å². The molecule has 0 radical (unpaired) electrons. The summed E-state index contributed by atoms with van der Waals surface area (Å²) >= 11 is 0. The largest absolute Gasteiger partial charge is 0.462 e. The van der Waals surface area contributed by atoms with Gasteiger partial charge in [0.15, 0.2) is 6.10 Å². The molecule has 0 aromatic rings. The highest BCUT2D eigenvalue weighted by Gasteiger charge is 2.19. The Morgan fingerprint density at radius 3 is 0.707 bits per heavy atom. The SMILES string of the molecule is CCCC/C=C\CCCCCCCC(=O)OCC(COC(=O)CCCCCCCCCCCCCCC/C=C\CCCCCCCCCC)OC(=O)CCCCCCCCCCC/C=C\CCCCCCCCCC. The molecule has 6 nitrogen and oxygen atoms in total. The van der Waals surface area contributed by atoms with Gasteiger partial charge in [0.2, 0.25) is 0 Å². The zero-order valence-electron chi connectivity index (χ0n) is 50.6. The van der Waals surface area contributed by atoms with Crippen LogP contribution < -0.4 is 0 Å². The Labute approximate surface area is 467 Å². The Morgan fingerprint density at radius 1 is 0.253 bits per heavy atom. The molecule has 0 fully saturated rings. The van der Waals surface area contributed by atoms with Crippen LogP contribution in [0.3, 0.4) is 0 Å². The number of unbranched alkanes of at least 4 members (excludes halogenated alkanes) is 45. The first-order valence-corrected chi connectivity index (χ1v) is 33.5. The number of carbonyl (C=O) groups excluding carboxylic acids is 3. The molecule has 0 aromatic heterocycles. The molecule has 0 N–H and O–H groups in total. The fourth-order valence-electron chi connectivity index (χ4n) is 10.0. The van der Waals surface area contributed by atoms with E-state index in [1.807, 2.05) is 0 Å². The van der Waals surface area contributed by atoms with Crippen LogP contribution in [0.25, 0.3) is 0 Å². The molecule has 440 valence electrons. The highest BCUT2D eigenvalue weighted by Crippen LogP contribution is 2.17. The highest BCUT2D eigenvalue weighted by molar-refractivity contribution is 5.71. The highest BCUT2D eigenvalue weighted by atomic mass is 16.6. The lowest BCUT2D eigenvalue weighted by molar-refractivity contribution is -0.167. The van der Waals surface area contributed by atoms with E-state index in [9.17, 15) is 14.4 Å². The first-order valence-electron chi connectivity index (χ1n) is 33.5. The maximum atomic E-state index is 12.9. The minimum atomic E-state index is -0.775. The maximum Gasteiger partial charge on any atom is 0.306 e. The van der Waals surface area contributed by atoms with Crippen LogP contribution in [0.1, 0.15) is 367 Å². The van der Waals surface area contributed by atoms with Gasteiger partial charge in [0.25, 0.3) is 0 Å². The zero-order valence-corrected chi connectivity index (χ0v) is 50.6. The minimum absolute atomic E-state index is 0.0723. The quantitative estimate of drug-likeness (QED) is 0.0261. The Balaban J connectivity index is 4.21. The van der Waals surface area contributed by atoms with Crippen molar-refractivity contribution in [3.63, 3.8) is 0 Å². The molecule has 0 aromatic carbocycles. The van der Waals surface area contributed by atoms with Crippen LogP contribution in [0.5, 0.6) is 0 Å². The molecule has 0 amide bonds. The van der Waals surface area contributed by atoms with Gasteiger partial charge in [-0.25, -0.2) is 0 Å². The first kappa shape index (κ1) is 72.6. The predicted octanol–water partition coefficient (Wildman–Crippen LogP) is 22.8. The summed E-state index contributed by atoms with van der Waals surface area (Å²) in [6.07, 6.45) is 78.8. The van der Waals surface area contributed by atoms with Gasteiger partial charge < -0.3 is 14.2 Å². The van der Waals surface area contributed by atoms with Crippen LogP contribution in [0.4, 0.5) is 0 Å². The van der Waals surface area contributed by atoms with Crippen LogP contribution in [0.15, 0.2) is 36.5 Å². The third-order valence-electron chi connectivity index (χ3n) is 15.1. The molecule has 0 aliphatic heterocycles. The van der Waals surface area contributed by atoms with Crippen LogP contribution in [-0.4, -0.2) is 37.2 Å². The van der Waals surface area contributed by atoms with Crippen LogP contribution >= 0.6 is 0 Å². The topological polar surface area (TPSA) is 78.9 Å². The average Bonchev–Trinajstić information content (AvgIpc) is 3.41. The lowest BCUT2D eigenvalue weighted by Crippen LogP contribution is -2.30. The van der Waals surface area contributed by atoms with Crippen LogP contribution in [0, 0.1) is 0 Å². The number of carbonyl (C=O) groups is 3. The van der Waals surface area contributed by atoms with Crippen molar-refractivity contribution in [2.45, 2.75) is 374 Å². The van der Waals surface area contributed by atoms with E-state index in [1.165, 1.54) is 263 Å². The molecule has 1 unspecified atom stereocenters. The van der Waals surface area contributed by atoms with E-state index in [4.69, 9.17) is 14.2 Å². The molecule has 6 heteroatoms. The van der Waals surface area contributed by atoms with E-state index in [-0.39, 0.29) is 31.1 Å². The molecule has 0 bridgehead atoms. The molecule has 0 aliphatic rings. The van der Waals surface area contributed by atoms with Crippen molar-refractivity contribution in [3.8, 4) is 0 Å². The summed E-state index contributed by atoms with van der Waals surface area (Å²) in [5.41, 5.74) is 0. The fourth-order valence-corrected chi connectivity index (χ4v) is 10.0. The van der Waals surface area contributed by atoms with Crippen molar-refractivity contribution in [2.75, 3.05) is 13.2 Å². The average molecular weight is 1050 g/mol. The smallest absolute Gasteiger partial charge is 0.306 e. The number of hydrogen-bond acceptors (Lipinski definition) is 6. The van der Waals surface area contributed by atoms with Crippen molar-refractivity contribution in [2.24, 2.45) is 0 Å². The normalized spacial score (nSPS) is 12.2. The van der Waals surface area contributed by atoms with Gasteiger partial charge in [-0.1, -0.05) is 295 Å². The molecule has 75 heavy (non-hydrogen) atoms. The molecule has 0 spiro atoms. The summed E-state index contributed by atoms with van der Waals surface area (Å²) < 4.78 is 16.9. The van der Waals surface area contributed by atoms with E-state index in [2.05, 4.69) is 57.2 Å². The Bertz CT molecular complexity index is 1250. The molecule has 0 saturated carbocycles. The van der Waals surface area contributed by atoms with Gasteiger partial charge in [-0.2, -0.15) is 0 Å². The molecular formula is C69H128O6. The number of ether oxygens (including phenoxy) is 3. The van der Waals surface area contributed by atoms with E-state index >= 15 is 0 Å². The summed E-state index contributed by atoms with van der Waals surface area (Å²) in [4.78, 5) is 38.3. The Morgan fingerprint density at radius 2 is 0.453 bits per heavy atom. The van der Waals surface area contributed by atoms with Gasteiger partial charge in [0.05, 0.1) is 0 Å².